The molecule has 1 nitrogen and oxygen atoms in total. The van der Waals surface area contributed by atoms with Crippen LogP contribution < -0.4 is 5.32 Å². The molecule has 106 valence electrons. The summed E-state index contributed by atoms with van der Waals surface area (Å²) in [6.45, 7) is 4.61. The number of halogens is 3. The zero-order valence-electron chi connectivity index (χ0n) is 11.4. The Labute approximate surface area is 122 Å². The highest BCUT2D eigenvalue weighted by Crippen LogP contribution is 2.26. The van der Waals surface area contributed by atoms with Gasteiger partial charge in [-0.3, -0.25) is 0 Å². The zero-order chi connectivity index (χ0) is 14.7. The van der Waals surface area contributed by atoms with Gasteiger partial charge in [-0.15, -0.1) is 0 Å². The maximum Gasteiger partial charge on any atom is 0.159 e. The Bertz CT molecular complexity index is 593. The van der Waals surface area contributed by atoms with Crippen molar-refractivity contribution in [2.75, 3.05) is 6.54 Å². The Morgan fingerprint density at radius 2 is 1.80 bits per heavy atom. The Balaban J connectivity index is 2.46. The first-order valence-electron chi connectivity index (χ1n) is 6.46. The Hall–Kier alpha value is -1.45. The van der Waals surface area contributed by atoms with E-state index in [2.05, 4.69) is 5.32 Å². The van der Waals surface area contributed by atoms with Gasteiger partial charge in [0.25, 0.3) is 0 Å². The van der Waals surface area contributed by atoms with Crippen LogP contribution in [0, 0.1) is 18.6 Å². The molecule has 4 heteroatoms. The minimum Gasteiger partial charge on any atom is -0.307 e. The van der Waals surface area contributed by atoms with Crippen LogP contribution in [0.1, 0.15) is 29.7 Å². The first-order chi connectivity index (χ1) is 9.51. The van der Waals surface area contributed by atoms with E-state index >= 15 is 0 Å². The molecule has 0 amide bonds. The molecule has 1 unspecified atom stereocenters. The highest BCUT2D eigenvalue weighted by molar-refractivity contribution is 6.30. The number of hydrogen-bond acceptors (Lipinski definition) is 1. The number of nitrogens with one attached hydrogen (secondary N) is 1. The molecule has 1 N–H and O–H groups in total. The van der Waals surface area contributed by atoms with Crippen molar-refractivity contribution in [3.8, 4) is 0 Å². The lowest BCUT2D eigenvalue weighted by Gasteiger charge is -2.20. The lowest BCUT2D eigenvalue weighted by molar-refractivity contribution is 0.504. The van der Waals surface area contributed by atoms with Crippen molar-refractivity contribution in [1.29, 1.82) is 0 Å². The number of rotatable bonds is 4. The quantitative estimate of drug-likeness (QED) is 0.867. The van der Waals surface area contributed by atoms with E-state index in [1.54, 1.807) is 6.07 Å². The van der Waals surface area contributed by atoms with Crippen LogP contribution in [-0.4, -0.2) is 6.54 Å². The molecule has 2 rings (SSSR count). The van der Waals surface area contributed by atoms with Crippen LogP contribution in [0.25, 0.3) is 0 Å². The fourth-order valence-corrected chi connectivity index (χ4v) is 2.55. The lowest BCUT2D eigenvalue weighted by atomic mass is 9.97. The Morgan fingerprint density at radius 1 is 1.05 bits per heavy atom. The van der Waals surface area contributed by atoms with Crippen molar-refractivity contribution in [2.24, 2.45) is 0 Å². The second kappa shape index (κ2) is 6.33. The SMILES string of the molecule is CCNC(c1cc(C)cc(Cl)c1)c1ccc(F)c(F)c1. The number of hydrogen-bond donors (Lipinski definition) is 1. The molecule has 0 saturated carbocycles. The topological polar surface area (TPSA) is 12.0 Å². The van der Waals surface area contributed by atoms with Gasteiger partial charge in [0, 0.05) is 5.02 Å². The molecule has 0 aliphatic heterocycles. The Kier molecular flexibility index (Phi) is 4.73. The van der Waals surface area contributed by atoms with Gasteiger partial charge in [0.15, 0.2) is 11.6 Å². The van der Waals surface area contributed by atoms with E-state index in [9.17, 15) is 8.78 Å². The third kappa shape index (κ3) is 3.35. The minimum absolute atomic E-state index is 0.215. The standard InChI is InChI=1S/C16H16ClF2N/c1-3-20-16(11-4-5-14(18)15(19)9-11)12-6-10(2)7-13(17)8-12/h4-9,16,20H,3H2,1-2H3. The summed E-state index contributed by atoms with van der Waals surface area (Å²) in [4.78, 5) is 0. The average molecular weight is 296 g/mol. The smallest absolute Gasteiger partial charge is 0.159 e. The van der Waals surface area contributed by atoms with Gasteiger partial charge in [-0.2, -0.15) is 0 Å². The van der Waals surface area contributed by atoms with Crippen LogP contribution >= 0.6 is 11.6 Å². The largest absolute Gasteiger partial charge is 0.307 e. The monoisotopic (exact) mass is 295 g/mol. The van der Waals surface area contributed by atoms with Crippen molar-refractivity contribution < 1.29 is 8.78 Å². The van der Waals surface area contributed by atoms with E-state index in [0.717, 1.165) is 17.2 Å². The van der Waals surface area contributed by atoms with Crippen molar-refractivity contribution in [1.82, 2.24) is 5.32 Å². The van der Waals surface area contributed by atoms with Crippen LogP contribution in [0.15, 0.2) is 36.4 Å². The van der Waals surface area contributed by atoms with E-state index in [4.69, 9.17) is 11.6 Å². The molecule has 0 aliphatic carbocycles. The molecule has 0 aliphatic rings. The van der Waals surface area contributed by atoms with Gasteiger partial charge in [-0.25, -0.2) is 8.78 Å². The maximum absolute atomic E-state index is 13.4. The van der Waals surface area contributed by atoms with Crippen molar-refractivity contribution in [3.05, 3.63) is 69.7 Å². The summed E-state index contributed by atoms with van der Waals surface area (Å²) >= 11 is 6.08. The van der Waals surface area contributed by atoms with E-state index in [1.165, 1.54) is 6.07 Å². The number of benzene rings is 2. The Morgan fingerprint density at radius 3 is 2.40 bits per heavy atom. The van der Waals surface area contributed by atoms with Gasteiger partial charge < -0.3 is 5.32 Å². The molecule has 0 saturated heterocycles. The fraction of sp³-hybridized carbons (Fsp3) is 0.250. The van der Waals surface area contributed by atoms with Gasteiger partial charge >= 0.3 is 0 Å². The third-order valence-corrected chi connectivity index (χ3v) is 3.30. The van der Waals surface area contributed by atoms with Crippen molar-refractivity contribution >= 4 is 11.6 Å². The summed E-state index contributed by atoms with van der Waals surface area (Å²) in [6.07, 6.45) is 0. The summed E-state index contributed by atoms with van der Waals surface area (Å²) in [5.74, 6) is -1.68. The normalized spacial score (nSPS) is 12.4. The lowest BCUT2D eigenvalue weighted by Crippen LogP contribution is -2.22. The summed E-state index contributed by atoms with van der Waals surface area (Å²) in [7, 11) is 0. The highest BCUT2D eigenvalue weighted by Gasteiger charge is 2.16. The molecular formula is C16H16ClF2N. The van der Waals surface area contributed by atoms with Gasteiger partial charge in [0.05, 0.1) is 6.04 Å². The molecule has 20 heavy (non-hydrogen) atoms. The van der Waals surface area contributed by atoms with Crippen LogP contribution in [0.5, 0.6) is 0 Å². The van der Waals surface area contributed by atoms with Crippen molar-refractivity contribution in [2.45, 2.75) is 19.9 Å². The molecular weight excluding hydrogens is 280 g/mol. The third-order valence-electron chi connectivity index (χ3n) is 3.08. The fourth-order valence-electron chi connectivity index (χ4n) is 2.26. The summed E-state index contributed by atoms with van der Waals surface area (Å²) in [6, 6.07) is 9.42. The van der Waals surface area contributed by atoms with Gasteiger partial charge in [-0.05, 0) is 54.4 Å². The minimum atomic E-state index is -0.843. The molecule has 0 fully saturated rings. The molecule has 0 heterocycles. The second-order valence-electron chi connectivity index (χ2n) is 4.73. The van der Waals surface area contributed by atoms with Crippen molar-refractivity contribution in [3.63, 3.8) is 0 Å². The van der Waals surface area contributed by atoms with E-state index in [0.29, 0.717) is 17.1 Å². The van der Waals surface area contributed by atoms with E-state index in [1.807, 2.05) is 32.0 Å². The maximum atomic E-state index is 13.4. The predicted octanol–water partition coefficient (Wildman–Crippen LogP) is 4.63. The summed E-state index contributed by atoms with van der Waals surface area (Å²) in [5, 5.41) is 3.90. The molecule has 0 aromatic heterocycles. The van der Waals surface area contributed by atoms with Crippen LogP contribution in [0.4, 0.5) is 8.78 Å². The number of aryl methyl sites for hydroxylation is 1. The first kappa shape index (κ1) is 14.9. The molecule has 0 bridgehead atoms. The highest BCUT2D eigenvalue weighted by atomic mass is 35.5. The molecule has 0 spiro atoms. The second-order valence-corrected chi connectivity index (χ2v) is 5.16. The first-order valence-corrected chi connectivity index (χ1v) is 6.84. The molecule has 1 atom stereocenters. The summed E-state index contributed by atoms with van der Waals surface area (Å²) in [5.41, 5.74) is 2.63. The van der Waals surface area contributed by atoms with Gasteiger partial charge in [-0.1, -0.05) is 30.7 Å². The molecule has 0 radical (unpaired) electrons. The van der Waals surface area contributed by atoms with E-state index < -0.39 is 11.6 Å². The average Bonchev–Trinajstić information content (AvgIpc) is 2.38. The zero-order valence-corrected chi connectivity index (χ0v) is 12.1. The van der Waals surface area contributed by atoms with E-state index in [-0.39, 0.29) is 6.04 Å². The van der Waals surface area contributed by atoms with Gasteiger partial charge in [0.2, 0.25) is 0 Å². The van der Waals surface area contributed by atoms with Crippen LogP contribution in [0.2, 0.25) is 5.02 Å². The molecule has 2 aromatic rings. The van der Waals surface area contributed by atoms with Crippen LogP contribution in [0.3, 0.4) is 0 Å². The molecule has 2 aromatic carbocycles. The predicted molar refractivity (Wildman–Crippen MR) is 78.1 cm³/mol. The van der Waals surface area contributed by atoms with Gasteiger partial charge in [0.1, 0.15) is 0 Å². The van der Waals surface area contributed by atoms with Crippen LogP contribution in [-0.2, 0) is 0 Å². The summed E-state index contributed by atoms with van der Waals surface area (Å²) < 4.78 is 26.5.